The van der Waals surface area contributed by atoms with Gasteiger partial charge in [-0.3, -0.25) is 0 Å². The summed E-state index contributed by atoms with van der Waals surface area (Å²) in [5, 5.41) is 12.6. The Labute approximate surface area is 60.9 Å². The smallest absolute Gasteiger partial charge is 0.0586 e. The van der Waals surface area contributed by atoms with Crippen LogP contribution in [0.4, 0.5) is 0 Å². The summed E-state index contributed by atoms with van der Waals surface area (Å²) in [5.74, 6) is 0.499. The Balaban J connectivity index is 1.92. The fourth-order valence-electron chi connectivity index (χ4n) is 1.71. The monoisotopic (exact) mass is 139 g/mol. The lowest BCUT2D eigenvalue weighted by molar-refractivity contribution is 0.0133. The van der Waals surface area contributed by atoms with E-state index in [-0.39, 0.29) is 6.10 Å². The van der Waals surface area contributed by atoms with Crippen molar-refractivity contribution in [3.05, 3.63) is 12.2 Å². The molecular formula is C8H13NO. The first kappa shape index (κ1) is 6.38. The summed E-state index contributed by atoms with van der Waals surface area (Å²) in [5.41, 5.74) is 0. The van der Waals surface area contributed by atoms with Gasteiger partial charge in [-0.25, -0.2) is 0 Å². The number of hydrogen-bond donors (Lipinski definition) is 2. The van der Waals surface area contributed by atoms with Crippen LogP contribution in [0.3, 0.4) is 0 Å². The van der Waals surface area contributed by atoms with Gasteiger partial charge in [0.25, 0.3) is 0 Å². The minimum atomic E-state index is -0.0414. The van der Waals surface area contributed by atoms with Crippen molar-refractivity contribution < 1.29 is 5.11 Å². The largest absolute Gasteiger partial charge is 0.393 e. The molecule has 1 heterocycles. The molecule has 10 heavy (non-hydrogen) atoms. The van der Waals surface area contributed by atoms with Crippen LogP contribution in [0.15, 0.2) is 12.2 Å². The number of hydrogen-bond acceptors (Lipinski definition) is 2. The molecule has 0 amide bonds. The molecule has 3 atom stereocenters. The molecule has 0 aromatic heterocycles. The second kappa shape index (κ2) is 2.36. The maximum Gasteiger partial charge on any atom is 0.0586 e. The third-order valence-electron chi connectivity index (χ3n) is 2.57. The molecule has 1 aliphatic heterocycles. The highest BCUT2D eigenvalue weighted by Gasteiger charge is 2.34. The number of aliphatic hydroxyl groups excluding tert-OH is 1. The fourth-order valence-corrected chi connectivity index (χ4v) is 1.71. The molecule has 1 saturated carbocycles. The standard InChI is InChI=1S/C8H13NO/c10-8-4-3-6(8)7-2-1-5-9-7/h1-2,6-10H,3-5H2. The normalized spacial score (nSPS) is 45.5. The number of rotatable bonds is 1. The molecule has 2 nitrogen and oxygen atoms in total. The lowest BCUT2D eigenvalue weighted by Crippen LogP contribution is -2.44. The van der Waals surface area contributed by atoms with E-state index in [4.69, 9.17) is 0 Å². The van der Waals surface area contributed by atoms with Crippen LogP contribution in [0.1, 0.15) is 12.8 Å². The Kier molecular flexibility index (Phi) is 1.51. The minimum Gasteiger partial charge on any atom is -0.393 e. The Morgan fingerprint density at radius 2 is 2.30 bits per heavy atom. The Morgan fingerprint density at radius 1 is 1.40 bits per heavy atom. The van der Waals surface area contributed by atoms with Crippen molar-refractivity contribution in [2.24, 2.45) is 5.92 Å². The zero-order valence-electron chi connectivity index (χ0n) is 5.96. The molecule has 1 aliphatic carbocycles. The highest BCUT2D eigenvalue weighted by molar-refractivity contribution is 5.08. The van der Waals surface area contributed by atoms with Crippen LogP contribution < -0.4 is 5.32 Å². The van der Waals surface area contributed by atoms with E-state index >= 15 is 0 Å². The summed E-state index contributed by atoms with van der Waals surface area (Å²) in [7, 11) is 0. The van der Waals surface area contributed by atoms with E-state index in [9.17, 15) is 5.11 Å². The van der Waals surface area contributed by atoms with Gasteiger partial charge in [0.1, 0.15) is 0 Å². The molecule has 0 bridgehead atoms. The van der Waals surface area contributed by atoms with Gasteiger partial charge in [-0.2, -0.15) is 0 Å². The van der Waals surface area contributed by atoms with Crippen LogP contribution in [-0.2, 0) is 0 Å². The Bertz CT molecular complexity index is 155. The summed E-state index contributed by atoms with van der Waals surface area (Å²) in [6.45, 7) is 0.980. The van der Waals surface area contributed by atoms with E-state index in [2.05, 4.69) is 17.5 Å². The topological polar surface area (TPSA) is 32.3 Å². The van der Waals surface area contributed by atoms with E-state index in [0.29, 0.717) is 12.0 Å². The zero-order valence-corrected chi connectivity index (χ0v) is 5.96. The SMILES string of the molecule is OC1CCC1C1C=CCN1. The molecule has 0 radical (unpaired) electrons. The van der Waals surface area contributed by atoms with Gasteiger partial charge in [-0.1, -0.05) is 12.2 Å². The van der Waals surface area contributed by atoms with Crippen molar-refractivity contribution in [1.82, 2.24) is 5.32 Å². The van der Waals surface area contributed by atoms with Gasteiger partial charge in [0.2, 0.25) is 0 Å². The predicted molar refractivity (Wildman–Crippen MR) is 39.7 cm³/mol. The molecule has 1 fully saturated rings. The quantitative estimate of drug-likeness (QED) is 0.512. The van der Waals surface area contributed by atoms with Gasteiger partial charge in [-0.05, 0) is 12.8 Å². The summed E-state index contributed by atoms with van der Waals surface area (Å²) < 4.78 is 0. The second-order valence-electron chi connectivity index (χ2n) is 3.17. The molecule has 56 valence electrons. The lowest BCUT2D eigenvalue weighted by atomic mass is 9.77. The van der Waals surface area contributed by atoms with Gasteiger partial charge in [-0.15, -0.1) is 0 Å². The van der Waals surface area contributed by atoms with Crippen molar-refractivity contribution in [2.75, 3.05) is 6.54 Å². The molecule has 0 aromatic rings. The van der Waals surface area contributed by atoms with Crippen molar-refractivity contribution in [1.29, 1.82) is 0 Å². The molecule has 2 rings (SSSR count). The molecule has 0 spiro atoms. The third-order valence-corrected chi connectivity index (χ3v) is 2.57. The summed E-state index contributed by atoms with van der Waals surface area (Å²) in [4.78, 5) is 0. The highest BCUT2D eigenvalue weighted by atomic mass is 16.3. The van der Waals surface area contributed by atoms with E-state index in [1.54, 1.807) is 0 Å². The molecule has 0 saturated heterocycles. The van der Waals surface area contributed by atoms with Crippen molar-refractivity contribution >= 4 is 0 Å². The Hall–Kier alpha value is -0.340. The molecule has 2 heteroatoms. The molecular weight excluding hydrogens is 126 g/mol. The van der Waals surface area contributed by atoms with Gasteiger partial charge in [0.05, 0.1) is 6.10 Å². The maximum atomic E-state index is 9.29. The van der Waals surface area contributed by atoms with Crippen LogP contribution in [0.2, 0.25) is 0 Å². The third kappa shape index (κ3) is 0.879. The van der Waals surface area contributed by atoms with Crippen LogP contribution in [0.25, 0.3) is 0 Å². The minimum absolute atomic E-state index is 0.0414. The van der Waals surface area contributed by atoms with Crippen LogP contribution >= 0.6 is 0 Å². The number of aliphatic hydroxyl groups is 1. The van der Waals surface area contributed by atoms with E-state index < -0.39 is 0 Å². The highest BCUT2D eigenvalue weighted by Crippen LogP contribution is 2.31. The van der Waals surface area contributed by atoms with Crippen molar-refractivity contribution in [3.8, 4) is 0 Å². The average Bonchev–Trinajstić information content (AvgIpc) is 2.37. The first-order chi connectivity index (χ1) is 4.88. The molecule has 2 aliphatic rings. The van der Waals surface area contributed by atoms with E-state index in [1.165, 1.54) is 6.42 Å². The van der Waals surface area contributed by atoms with Gasteiger partial charge >= 0.3 is 0 Å². The van der Waals surface area contributed by atoms with Crippen LogP contribution in [-0.4, -0.2) is 23.8 Å². The first-order valence-electron chi connectivity index (χ1n) is 3.96. The lowest BCUT2D eigenvalue weighted by Gasteiger charge is -2.36. The summed E-state index contributed by atoms with van der Waals surface area (Å²) >= 11 is 0. The Morgan fingerprint density at radius 3 is 2.70 bits per heavy atom. The van der Waals surface area contributed by atoms with E-state index in [0.717, 1.165) is 13.0 Å². The van der Waals surface area contributed by atoms with Crippen LogP contribution in [0, 0.1) is 5.92 Å². The average molecular weight is 139 g/mol. The zero-order chi connectivity index (χ0) is 6.97. The second-order valence-corrected chi connectivity index (χ2v) is 3.17. The number of nitrogens with one attached hydrogen (secondary N) is 1. The van der Waals surface area contributed by atoms with Crippen molar-refractivity contribution in [2.45, 2.75) is 25.0 Å². The fraction of sp³-hybridized carbons (Fsp3) is 0.750. The molecule has 0 aromatic carbocycles. The van der Waals surface area contributed by atoms with Gasteiger partial charge in [0, 0.05) is 18.5 Å². The maximum absolute atomic E-state index is 9.29. The summed E-state index contributed by atoms with van der Waals surface area (Å²) in [6, 6.07) is 0.462. The van der Waals surface area contributed by atoms with Gasteiger partial charge < -0.3 is 10.4 Å². The first-order valence-corrected chi connectivity index (χ1v) is 3.96. The predicted octanol–water partition coefficient (Wildman–Crippen LogP) is 0.285. The van der Waals surface area contributed by atoms with Crippen molar-refractivity contribution in [3.63, 3.8) is 0 Å². The molecule has 3 unspecified atom stereocenters. The van der Waals surface area contributed by atoms with E-state index in [1.807, 2.05) is 0 Å². The molecule has 2 N–H and O–H groups in total. The summed E-state index contributed by atoms with van der Waals surface area (Å²) in [6.07, 6.45) is 6.45. The van der Waals surface area contributed by atoms with Crippen LogP contribution in [0.5, 0.6) is 0 Å². The van der Waals surface area contributed by atoms with Gasteiger partial charge in [0.15, 0.2) is 0 Å².